The number of aromatic hydroxyl groups is 1. The van der Waals surface area contributed by atoms with Crippen molar-refractivity contribution in [2.75, 3.05) is 14.1 Å². The van der Waals surface area contributed by atoms with E-state index in [-0.39, 0.29) is 15.7 Å². The maximum Gasteiger partial charge on any atom is 0.244 e. The van der Waals surface area contributed by atoms with Gasteiger partial charge in [-0.3, -0.25) is 0 Å². The van der Waals surface area contributed by atoms with Crippen LogP contribution in [-0.2, 0) is 17.1 Å². The molecular formula is C18H18ClN3O3S2. The molecule has 1 aromatic heterocycles. The highest BCUT2D eigenvalue weighted by Crippen LogP contribution is 2.29. The molecule has 142 valence electrons. The summed E-state index contributed by atoms with van der Waals surface area (Å²) in [5, 5.41) is 11.5. The van der Waals surface area contributed by atoms with Crippen LogP contribution in [0.5, 0.6) is 5.75 Å². The van der Waals surface area contributed by atoms with E-state index in [1.807, 2.05) is 17.0 Å². The van der Waals surface area contributed by atoms with Crippen LogP contribution in [-0.4, -0.2) is 36.5 Å². The van der Waals surface area contributed by atoms with Gasteiger partial charge < -0.3 is 9.67 Å². The van der Waals surface area contributed by atoms with Gasteiger partial charge in [0.15, 0.2) is 4.80 Å². The number of nitrogens with zero attached hydrogens (tertiary/aromatic N) is 3. The summed E-state index contributed by atoms with van der Waals surface area (Å²) in [7, 11) is 1.15. The third kappa shape index (κ3) is 3.93. The van der Waals surface area contributed by atoms with Gasteiger partial charge in [-0.25, -0.2) is 17.7 Å². The van der Waals surface area contributed by atoms with E-state index in [9.17, 15) is 13.5 Å². The molecule has 0 aliphatic rings. The van der Waals surface area contributed by atoms with Crippen molar-refractivity contribution >= 4 is 38.6 Å². The van der Waals surface area contributed by atoms with Gasteiger partial charge in [-0.1, -0.05) is 17.7 Å². The van der Waals surface area contributed by atoms with Gasteiger partial charge in [0.05, 0.1) is 16.4 Å². The predicted octanol–water partition coefficient (Wildman–Crippen LogP) is 3.60. The van der Waals surface area contributed by atoms with E-state index in [0.29, 0.717) is 5.69 Å². The number of benzene rings is 2. The van der Waals surface area contributed by atoms with Crippen LogP contribution in [0.2, 0.25) is 5.02 Å². The van der Waals surface area contributed by atoms with Crippen LogP contribution < -0.4 is 4.80 Å². The van der Waals surface area contributed by atoms with Crippen molar-refractivity contribution in [3.8, 4) is 17.0 Å². The summed E-state index contributed by atoms with van der Waals surface area (Å²) in [5.74, 6) is 0.181. The number of phenols is 1. The molecule has 0 atom stereocenters. The van der Waals surface area contributed by atoms with Crippen LogP contribution in [0.15, 0.2) is 57.7 Å². The van der Waals surface area contributed by atoms with Gasteiger partial charge in [-0.2, -0.15) is 0 Å². The van der Waals surface area contributed by atoms with E-state index in [2.05, 4.69) is 4.99 Å². The minimum atomic E-state index is -3.65. The molecule has 0 unspecified atom stereocenters. The van der Waals surface area contributed by atoms with Gasteiger partial charge in [0.2, 0.25) is 10.0 Å². The van der Waals surface area contributed by atoms with E-state index >= 15 is 0 Å². The van der Waals surface area contributed by atoms with E-state index in [0.717, 1.165) is 20.4 Å². The Bertz CT molecular complexity index is 1150. The normalized spacial score (nSPS) is 12.7. The van der Waals surface area contributed by atoms with Crippen LogP contribution in [0.4, 0.5) is 5.69 Å². The minimum Gasteiger partial charge on any atom is -0.508 e. The largest absolute Gasteiger partial charge is 0.508 e. The number of halogens is 1. The molecule has 3 aromatic rings. The average Bonchev–Trinajstić information content (AvgIpc) is 2.98. The Morgan fingerprint density at radius 1 is 1.15 bits per heavy atom. The lowest BCUT2D eigenvalue weighted by Crippen LogP contribution is -2.22. The molecule has 0 bridgehead atoms. The molecule has 27 heavy (non-hydrogen) atoms. The Balaban J connectivity index is 2.09. The molecule has 2 aromatic carbocycles. The lowest BCUT2D eigenvalue weighted by Gasteiger charge is -2.14. The molecule has 1 heterocycles. The maximum absolute atomic E-state index is 12.5. The zero-order valence-corrected chi connectivity index (χ0v) is 17.3. The Kier molecular flexibility index (Phi) is 5.43. The summed E-state index contributed by atoms with van der Waals surface area (Å²) in [6.45, 7) is 0. The van der Waals surface area contributed by atoms with Gasteiger partial charge in [-0.15, -0.1) is 11.3 Å². The van der Waals surface area contributed by atoms with Crippen LogP contribution in [0.25, 0.3) is 11.3 Å². The standard InChI is InChI=1S/C18H18ClN3O3S2/c1-21(2)27(24,25)17-10-12(4-9-15(17)19)16-11-26-18(22(16)3)20-13-5-7-14(23)8-6-13/h4-11,23H,1-3H3. The highest BCUT2D eigenvalue weighted by atomic mass is 35.5. The van der Waals surface area contributed by atoms with Crippen molar-refractivity contribution in [2.24, 2.45) is 12.0 Å². The second-order valence-electron chi connectivity index (χ2n) is 6.02. The highest BCUT2D eigenvalue weighted by molar-refractivity contribution is 7.89. The van der Waals surface area contributed by atoms with Crippen molar-refractivity contribution in [2.45, 2.75) is 4.90 Å². The summed E-state index contributed by atoms with van der Waals surface area (Å²) < 4.78 is 28.0. The molecule has 6 nitrogen and oxygen atoms in total. The quantitative estimate of drug-likeness (QED) is 0.696. The van der Waals surface area contributed by atoms with Gasteiger partial charge in [-0.05, 0) is 36.4 Å². The summed E-state index contributed by atoms with van der Waals surface area (Å²) in [4.78, 5) is 5.37. The first kappa shape index (κ1) is 19.6. The van der Waals surface area contributed by atoms with E-state index in [1.54, 1.807) is 42.5 Å². The summed E-state index contributed by atoms with van der Waals surface area (Å²) in [5.41, 5.74) is 2.26. The fourth-order valence-corrected chi connectivity index (χ4v) is 4.75. The van der Waals surface area contributed by atoms with E-state index < -0.39 is 10.0 Å². The smallest absolute Gasteiger partial charge is 0.244 e. The fraction of sp³-hybridized carbons (Fsp3) is 0.167. The van der Waals surface area contributed by atoms with Crippen LogP contribution in [0.3, 0.4) is 0 Å². The second-order valence-corrected chi connectivity index (χ2v) is 9.39. The zero-order valence-electron chi connectivity index (χ0n) is 14.9. The predicted molar refractivity (Wildman–Crippen MR) is 108 cm³/mol. The third-order valence-electron chi connectivity index (χ3n) is 3.98. The molecule has 0 saturated heterocycles. The Morgan fingerprint density at radius 2 is 1.81 bits per heavy atom. The number of rotatable bonds is 4. The molecule has 0 amide bonds. The topological polar surface area (TPSA) is 74.9 Å². The lowest BCUT2D eigenvalue weighted by molar-refractivity contribution is 0.475. The molecule has 0 saturated carbocycles. The van der Waals surface area contributed by atoms with E-state index in [4.69, 9.17) is 11.6 Å². The molecular weight excluding hydrogens is 406 g/mol. The number of hydrogen-bond acceptors (Lipinski definition) is 5. The molecule has 9 heteroatoms. The Morgan fingerprint density at radius 3 is 2.44 bits per heavy atom. The first-order valence-electron chi connectivity index (χ1n) is 7.91. The SMILES string of the molecule is CN(C)S(=O)(=O)c1cc(-c2csc(=Nc3ccc(O)cc3)n2C)ccc1Cl. The fourth-order valence-electron chi connectivity index (χ4n) is 2.43. The number of aromatic nitrogens is 1. The number of thiazole rings is 1. The van der Waals surface area contributed by atoms with Gasteiger partial charge in [0, 0.05) is 32.1 Å². The van der Waals surface area contributed by atoms with E-state index in [1.165, 1.54) is 25.4 Å². The minimum absolute atomic E-state index is 0.0647. The van der Waals surface area contributed by atoms with Crippen molar-refractivity contribution in [3.63, 3.8) is 0 Å². The zero-order chi connectivity index (χ0) is 19.8. The van der Waals surface area contributed by atoms with Crippen molar-refractivity contribution in [3.05, 3.63) is 57.7 Å². The van der Waals surface area contributed by atoms with Crippen LogP contribution in [0, 0.1) is 0 Å². The van der Waals surface area contributed by atoms with Crippen LogP contribution >= 0.6 is 22.9 Å². The van der Waals surface area contributed by atoms with Gasteiger partial charge >= 0.3 is 0 Å². The molecule has 0 aliphatic carbocycles. The number of sulfonamides is 1. The number of phenolic OH excluding ortho intramolecular Hbond substituents is 1. The maximum atomic E-state index is 12.5. The average molecular weight is 424 g/mol. The van der Waals surface area contributed by atoms with Crippen molar-refractivity contribution in [1.82, 2.24) is 8.87 Å². The highest BCUT2D eigenvalue weighted by Gasteiger charge is 2.22. The summed E-state index contributed by atoms with van der Waals surface area (Å²) in [6.07, 6.45) is 0. The van der Waals surface area contributed by atoms with Crippen molar-refractivity contribution in [1.29, 1.82) is 0 Å². The van der Waals surface area contributed by atoms with Crippen LogP contribution in [0.1, 0.15) is 0 Å². The van der Waals surface area contributed by atoms with Gasteiger partial charge in [0.1, 0.15) is 10.6 Å². The molecule has 0 fully saturated rings. The molecule has 0 aliphatic heterocycles. The molecule has 0 radical (unpaired) electrons. The molecule has 1 N–H and O–H groups in total. The summed E-state index contributed by atoms with van der Waals surface area (Å²) in [6, 6.07) is 11.5. The first-order valence-corrected chi connectivity index (χ1v) is 10.6. The third-order valence-corrected chi connectivity index (χ3v) is 7.20. The lowest BCUT2D eigenvalue weighted by atomic mass is 10.2. The van der Waals surface area contributed by atoms with Crippen molar-refractivity contribution < 1.29 is 13.5 Å². The molecule has 0 spiro atoms. The second kappa shape index (κ2) is 7.47. The Hall–Kier alpha value is -2.13. The molecule has 3 rings (SSSR count). The number of hydrogen-bond donors (Lipinski definition) is 1. The summed E-state index contributed by atoms with van der Waals surface area (Å²) >= 11 is 7.56. The monoisotopic (exact) mass is 423 g/mol. The first-order chi connectivity index (χ1) is 12.7. The van der Waals surface area contributed by atoms with Gasteiger partial charge in [0.25, 0.3) is 0 Å². The Labute approximate surface area is 166 Å².